The first kappa shape index (κ1) is 19.7. The van der Waals surface area contributed by atoms with E-state index >= 15 is 0 Å². The van der Waals surface area contributed by atoms with Crippen molar-refractivity contribution in [2.24, 2.45) is 0 Å². The Balaban J connectivity index is 1.84. The van der Waals surface area contributed by atoms with Crippen LogP contribution in [0.2, 0.25) is 0 Å². The molecule has 28 heavy (non-hydrogen) atoms. The second-order valence-corrected chi connectivity index (χ2v) is 6.33. The highest BCUT2D eigenvalue weighted by molar-refractivity contribution is 5.95. The summed E-state index contributed by atoms with van der Waals surface area (Å²) in [5.41, 5.74) is 2.12. The Bertz CT molecular complexity index is 965. The van der Waals surface area contributed by atoms with Crippen LogP contribution < -0.4 is 5.32 Å². The molecule has 1 aromatic carbocycles. The third kappa shape index (κ3) is 3.92. The van der Waals surface area contributed by atoms with E-state index in [9.17, 15) is 13.6 Å². The van der Waals surface area contributed by atoms with Gasteiger partial charge in [-0.2, -0.15) is 19.0 Å². The smallest absolute Gasteiger partial charge is 0.333 e. The SMILES string of the molecule is CCC(NC(=O)c1cccc(-c2cn(C(F)F)nc2C)c1)c1ncnn1CC. The maximum absolute atomic E-state index is 12.9. The number of halogens is 2. The Morgan fingerprint density at radius 2 is 2.07 bits per heavy atom. The Morgan fingerprint density at radius 3 is 2.71 bits per heavy atom. The molecule has 0 aliphatic carbocycles. The molecule has 0 saturated heterocycles. The maximum atomic E-state index is 12.9. The summed E-state index contributed by atoms with van der Waals surface area (Å²) in [6.45, 7) is 3.52. The molecule has 3 rings (SSSR count). The van der Waals surface area contributed by atoms with Crippen LogP contribution in [0, 0.1) is 6.92 Å². The summed E-state index contributed by atoms with van der Waals surface area (Å²) in [6, 6.07) is 6.57. The van der Waals surface area contributed by atoms with Gasteiger partial charge in [0, 0.05) is 23.9 Å². The van der Waals surface area contributed by atoms with Crippen molar-refractivity contribution in [3.63, 3.8) is 0 Å². The van der Waals surface area contributed by atoms with Crippen LogP contribution in [0.1, 0.15) is 54.7 Å². The zero-order valence-electron chi connectivity index (χ0n) is 15.9. The van der Waals surface area contributed by atoms with Crippen LogP contribution in [-0.4, -0.2) is 30.5 Å². The van der Waals surface area contributed by atoms with Crippen LogP contribution in [0.5, 0.6) is 0 Å². The largest absolute Gasteiger partial charge is 0.342 e. The van der Waals surface area contributed by atoms with Crippen molar-refractivity contribution in [3.05, 3.63) is 53.9 Å². The summed E-state index contributed by atoms with van der Waals surface area (Å²) in [6.07, 6.45) is 3.41. The highest BCUT2D eigenvalue weighted by Crippen LogP contribution is 2.26. The van der Waals surface area contributed by atoms with Crippen molar-refractivity contribution in [2.45, 2.75) is 46.3 Å². The first-order valence-corrected chi connectivity index (χ1v) is 9.07. The molecule has 2 aromatic heterocycles. The second-order valence-electron chi connectivity index (χ2n) is 6.33. The van der Waals surface area contributed by atoms with E-state index in [0.717, 1.165) is 0 Å². The highest BCUT2D eigenvalue weighted by atomic mass is 19.3. The van der Waals surface area contributed by atoms with E-state index in [0.29, 0.717) is 45.9 Å². The van der Waals surface area contributed by atoms with Crippen molar-refractivity contribution in [3.8, 4) is 11.1 Å². The van der Waals surface area contributed by atoms with Gasteiger partial charge in [0.25, 0.3) is 5.91 Å². The van der Waals surface area contributed by atoms with Gasteiger partial charge >= 0.3 is 6.55 Å². The van der Waals surface area contributed by atoms with Crippen molar-refractivity contribution in [1.82, 2.24) is 29.9 Å². The summed E-state index contributed by atoms with van der Waals surface area (Å²) in [5.74, 6) is 0.432. The van der Waals surface area contributed by atoms with E-state index in [4.69, 9.17) is 0 Å². The molecule has 1 amide bonds. The number of alkyl halides is 2. The third-order valence-electron chi connectivity index (χ3n) is 4.52. The molecule has 3 aromatic rings. The normalized spacial score (nSPS) is 12.4. The summed E-state index contributed by atoms with van der Waals surface area (Å²) in [4.78, 5) is 17.0. The first-order valence-electron chi connectivity index (χ1n) is 9.07. The molecule has 0 spiro atoms. The molecule has 0 fully saturated rings. The van der Waals surface area contributed by atoms with Gasteiger partial charge < -0.3 is 5.32 Å². The van der Waals surface area contributed by atoms with Crippen molar-refractivity contribution in [1.29, 1.82) is 0 Å². The number of benzene rings is 1. The monoisotopic (exact) mass is 388 g/mol. The molecule has 0 saturated carbocycles. The van der Waals surface area contributed by atoms with E-state index < -0.39 is 6.55 Å². The van der Waals surface area contributed by atoms with Crippen LogP contribution in [0.3, 0.4) is 0 Å². The molecule has 2 heterocycles. The molecule has 7 nitrogen and oxygen atoms in total. The number of rotatable bonds is 7. The molecule has 0 aliphatic rings. The number of nitrogens with one attached hydrogen (secondary N) is 1. The highest BCUT2D eigenvalue weighted by Gasteiger charge is 2.20. The minimum Gasteiger partial charge on any atom is -0.342 e. The molecule has 0 radical (unpaired) electrons. The molecule has 1 unspecified atom stereocenters. The van der Waals surface area contributed by atoms with Gasteiger partial charge in [-0.05, 0) is 38.0 Å². The fraction of sp³-hybridized carbons (Fsp3) is 0.368. The average molecular weight is 388 g/mol. The summed E-state index contributed by atoms with van der Waals surface area (Å²) in [7, 11) is 0. The standard InChI is InChI=1S/C19H22F2N6O/c1-4-16(17-22-11-23-26(17)5-2)24-18(28)14-8-6-7-13(9-14)15-10-27(19(20)21)25-12(15)3/h6-11,16,19H,4-5H2,1-3H3,(H,24,28). The lowest BCUT2D eigenvalue weighted by Crippen LogP contribution is -2.30. The number of carbonyl (C=O) groups is 1. The van der Waals surface area contributed by atoms with Gasteiger partial charge in [-0.15, -0.1) is 0 Å². The topological polar surface area (TPSA) is 77.6 Å². The Hall–Kier alpha value is -3.10. The quantitative estimate of drug-likeness (QED) is 0.669. The lowest BCUT2D eigenvalue weighted by Gasteiger charge is -2.17. The number of hydrogen-bond donors (Lipinski definition) is 1. The summed E-state index contributed by atoms with van der Waals surface area (Å²) < 4.78 is 28.1. The number of nitrogens with zero attached hydrogens (tertiary/aromatic N) is 5. The fourth-order valence-corrected chi connectivity index (χ4v) is 3.07. The molecule has 0 bridgehead atoms. The van der Waals surface area contributed by atoms with Gasteiger partial charge in [-0.1, -0.05) is 19.1 Å². The molecule has 0 aliphatic heterocycles. The number of carbonyl (C=O) groups excluding carboxylic acids is 1. The van der Waals surface area contributed by atoms with Crippen molar-refractivity contribution >= 4 is 5.91 Å². The van der Waals surface area contributed by atoms with Gasteiger partial charge in [0.05, 0.1) is 11.7 Å². The number of aryl methyl sites for hydroxylation is 2. The molecule has 148 valence electrons. The van der Waals surface area contributed by atoms with E-state index in [1.54, 1.807) is 35.9 Å². The summed E-state index contributed by atoms with van der Waals surface area (Å²) in [5, 5.41) is 10.9. The van der Waals surface area contributed by atoms with Crippen LogP contribution in [0.15, 0.2) is 36.8 Å². The lowest BCUT2D eigenvalue weighted by molar-refractivity contribution is 0.0563. The van der Waals surface area contributed by atoms with Crippen LogP contribution >= 0.6 is 0 Å². The van der Waals surface area contributed by atoms with Gasteiger partial charge in [0.2, 0.25) is 0 Å². The minimum atomic E-state index is -2.71. The van der Waals surface area contributed by atoms with E-state index in [2.05, 4.69) is 20.5 Å². The van der Waals surface area contributed by atoms with Crippen LogP contribution in [0.25, 0.3) is 11.1 Å². The Kier molecular flexibility index (Phi) is 5.81. The predicted molar refractivity (Wildman–Crippen MR) is 99.8 cm³/mol. The van der Waals surface area contributed by atoms with Gasteiger partial charge in [0.15, 0.2) is 0 Å². The fourth-order valence-electron chi connectivity index (χ4n) is 3.07. The first-order chi connectivity index (χ1) is 13.4. The van der Waals surface area contributed by atoms with Crippen LogP contribution in [0.4, 0.5) is 8.78 Å². The zero-order valence-corrected chi connectivity index (χ0v) is 15.9. The van der Waals surface area contributed by atoms with E-state index in [-0.39, 0.29) is 11.9 Å². The summed E-state index contributed by atoms with van der Waals surface area (Å²) >= 11 is 0. The predicted octanol–water partition coefficient (Wildman–Crippen LogP) is 3.75. The van der Waals surface area contributed by atoms with Gasteiger partial charge in [-0.3, -0.25) is 4.79 Å². The van der Waals surface area contributed by atoms with E-state index in [1.165, 1.54) is 12.5 Å². The number of hydrogen-bond acceptors (Lipinski definition) is 4. The minimum absolute atomic E-state index is 0.266. The second kappa shape index (κ2) is 8.28. The maximum Gasteiger partial charge on any atom is 0.333 e. The molecule has 1 N–H and O–H groups in total. The van der Waals surface area contributed by atoms with Crippen LogP contribution in [-0.2, 0) is 6.54 Å². The average Bonchev–Trinajstić information content (AvgIpc) is 3.32. The van der Waals surface area contributed by atoms with Crippen molar-refractivity contribution in [2.75, 3.05) is 0 Å². The number of aromatic nitrogens is 5. The van der Waals surface area contributed by atoms with E-state index in [1.807, 2.05) is 13.8 Å². The molecular weight excluding hydrogens is 366 g/mol. The third-order valence-corrected chi connectivity index (χ3v) is 4.52. The van der Waals surface area contributed by atoms with Gasteiger partial charge in [-0.25, -0.2) is 14.3 Å². The Labute approximate surface area is 161 Å². The number of amides is 1. The zero-order chi connectivity index (χ0) is 20.3. The lowest BCUT2D eigenvalue weighted by atomic mass is 10.0. The molecule has 1 atom stereocenters. The molecular formula is C19H22F2N6O. The molecule has 9 heteroatoms. The Morgan fingerprint density at radius 1 is 1.29 bits per heavy atom. The van der Waals surface area contributed by atoms with Gasteiger partial charge in [0.1, 0.15) is 12.2 Å². The van der Waals surface area contributed by atoms with Crippen molar-refractivity contribution < 1.29 is 13.6 Å².